The predicted molar refractivity (Wildman–Crippen MR) is 85.7 cm³/mol. The molecular formula is C17H23N3O3. The highest BCUT2D eigenvalue weighted by atomic mass is 16.3. The van der Waals surface area contributed by atoms with E-state index >= 15 is 0 Å². The highest BCUT2D eigenvalue weighted by molar-refractivity contribution is 5.91. The molecule has 0 bridgehead atoms. The van der Waals surface area contributed by atoms with Crippen LogP contribution in [0.3, 0.4) is 0 Å². The molecule has 1 aromatic rings. The number of hydrogen-bond donors (Lipinski definition) is 2. The maximum Gasteiger partial charge on any atom is 0.245 e. The number of phenols is 1. The van der Waals surface area contributed by atoms with Gasteiger partial charge in [0.2, 0.25) is 11.8 Å². The van der Waals surface area contributed by atoms with Gasteiger partial charge in [-0.05, 0) is 43.9 Å². The molecule has 3 rings (SSSR count). The second-order valence-corrected chi connectivity index (χ2v) is 6.47. The Morgan fingerprint density at radius 1 is 1.39 bits per heavy atom. The van der Waals surface area contributed by atoms with Crippen LogP contribution < -0.4 is 5.73 Å². The lowest BCUT2D eigenvalue weighted by molar-refractivity contribution is -0.153. The minimum Gasteiger partial charge on any atom is -0.508 e. The molecule has 2 amide bonds. The molecule has 1 aromatic carbocycles. The van der Waals surface area contributed by atoms with E-state index in [0.29, 0.717) is 13.0 Å². The van der Waals surface area contributed by atoms with Gasteiger partial charge in [-0.2, -0.15) is 0 Å². The van der Waals surface area contributed by atoms with Crippen molar-refractivity contribution in [2.45, 2.75) is 44.3 Å². The van der Waals surface area contributed by atoms with Gasteiger partial charge in [0.25, 0.3) is 0 Å². The minimum absolute atomic E-state index is 0.0314. The first-order valence-electron chi connectivity index (χ1n) is 8.12. The molecule has 3 N–H and O–H groups in total. The molecule has 0 aromatic heterocycles. The van der Waals surface area contributed by atoms with Crippen molar-refractivity contribution in [3.05, 3.63) is 29.8 Å². The second-order valence-electron chi connectivity index (χ2n) is 6.47. The molecular weight excluding hydrogens is 294 g/mol. The fourth-order valence-electron chi connectivity index (χ4n) is 3.54. The smallest absolute Gasteiger partial charge is 0.245 e. The SMILES string of the molecule is C[C@H]1C(=O)N2CCC[C@@H]2CN1C(=O)[C@H](N)Cc1ccc(O)cc1. The van der Waals surface area contributed by atoms with Crippen LogP contribution in [0, 0.1) is 0 Å². The number of nitrogens with two attached hydrogens (primary N) is 1. The van der Waals surface area contributed by atoms with Crippen molar-refractivity contribution in [1.29, 1.82) is 0 Å². The summed E-state index contributed by atoms with van der Waals surface area (Å²) < 4.78 is 0. The van der Waals surface area contributed by atoms with Crippen LogP contribution in [0.2, 0.25) is 0 Å². The van der Waals surface area contributed by atoms with E-state index in [1.54, 1.807) is 36.1 Å². The molecule has 2 fully saturated rings. The Labute approximate surface area is 135 Å². The summed E-state index contributed by atoms with van der Waals surface area (Å²) in [5.74, 6) is 0.0413. The van der Waals surface area contributed by atoms with E-state index in [1.807, 2.05) is 4.90 Å². The number of aromatic hydroxyl groups is 1. The molecule has 3 atom stereocenters. The zero-order valence-electron chi connectivity index (χ0n) is 13.3. The topological polar surface area (TPSA) is 86.9 Å². The Balaban J connectivity index is 1.68. The Kier molecular flexibility index (Phi) is 4.26. The quantitative estimate of drug-likeness (QED) is 0.849. The predicted octanol–water partition coefficient (Wildman–Crippen LogP) is 0.484. The second kappa shape index (κ2) is 6.20. The standard InChI is InChI=1S/C17H23N3O3/c1-11-16(22)19-8-2-3-13(19)10-20(11)17(23)15(18)9-12-4-6-14(21)7-5-12/h4-7,11,13,15,21H,2-3,8-10,18H2,1H3/t11-,13+,15+/m0/s1. The van der Waals surface area contributed by atoms with Crippen LogP contribution in [0.4, 0.5) is 0 Å². The molecule has 2 aliphatic rings. The van der Waals surface area contributed by atoms with Gasteiger partial charge in [-0.25, -0.2) is 0 Å². The third kappa shape index (κ3) is 3.03. The van der Waals surface area contributed by atoms with E-state index in [2.05, 4.69) is 0 Å². The summed E-state index contributed by atoms with van der Waals surface area (Å²) in [4.78, 5) is 28.6. The average molecular weight is 317 g/mol. The molecule has 6 heteroatoms. The van der Waals surface area contributed by atoms with Gasteiger partial charge >= 0.3 is 0 Å². The number of amides is 2. The van der Waals surface area contributed by atoms with Gasteiger partial charge in [0, 0.05) is 19.1 Å². The summed E-state index contributed by atoms with van der Waals surface area (Å²) in [6.45, 7) is 3.16. The van der Waals surface area contributed by atoms with Gasteiger partial charge in [0.15, 0.2) is 0 Å². The van der Waals surface area contributed by atoms with E-state index in [-0.39, 0.29) is 23.6 Å². The lowest BCUT2D eigenvalue weighted by Crippen LogP contribution is -2.62. The Hall–Kier alpha value is -2.08. The summed E-state index contributed by atoms with van der Waals surface area (Å²) in [6.07, 6.45) is 2.35. The van der Waals surface area contributed by atoms with Crippen LogP contribution in [0.5, 0.6) is 5.75 Å². The third-order valence-electron chi connectivity index (χ3n) is 4.88. The number of fused-ring (bicyclic) bond motifs is 1. The van der Waals surface area contributed by atoms with Crippen molar-refractivity contribution >= 4 is 11.8 Å². The van der Waals surface area contributed by atoms with E-state index < -0.39 is 12.1 Å². The molecule has 0 spiro atoms. The molecule has 0 saturated carbocycles. The van der Waals surface area contributed by atoms with Crippen molar-refractivity contribution < 1.29 is 14.7 Å². The highest BCUT2D eigenvalue weighted by Crippen LogP contribution is 2.26. The van der Waals surface area contributed by atoms with Gasteiger partial charge in [-0.15, -0.1) is 0 Å². The van der Waals surface area contributed by atoms with Crippen LogP contribution in [0.1, 0.15) is 25.3 Å². The van der Waals surface area contributed by atoms with Crippen molar-refractivity contribution in [1.82, 2.24) is 9.80 Å². The molecule has 2 aliphatic heterocycles. The first-order valence-corrected chi connectivity index (χ1v) is 8.12. The number of phenolic OH excluding ortho intramolecular Hbond substituents is 1. The molecule has 2 saturated heterocycles. The third-order valence-corrected chi connectivity index (χ3v) is 4.88. The number of nitrogens with zero attached hydrogens (tertiary/aromatic N) is 2. The van der Waals surface area contributed by atoms with Crippen molar-refractivity contribution in [3.63, 3.8) is 0 Å². The van der Waals surface area contributed by atoms with E-state index in [9.17, 15) is 14.7 Å². The minimum atomic E-state index is -0.678. The lowest BCUT2D eigenvalue weighted by Gasteiger charge is -2.42. The number of benzene rings is 1. The van der Waals surface area contributed by atoms with E-state index in [0.717, 1.165) is 24.9 Å². The number of rotatable bonds is 3. The van der Waals surface area contributed by atoms with Crippen LogP contribution in [-0.2, 0) is 16.0 Å². The molecule has 0 unspecified atom stereocenters. The van der Waals surface area contributed by atoms with E-state index in [1.165, 1.54) is 0 Å². The maximum absolute atomic E-state index is 12.7. The fraction of sp³-hybridized carbons (Fsp3) is 0.529. The lowest BCUT2D eigenvalue weighted by atomic mass is 10.0. The average Bonchev–Trinajstić information content (AvgIpc) is 3.01. The monoisotopic (exact) mass is 317 g/mol. The normalized spacial score (nSPS) is 25.4. The van der Waals surface area contributed by atoms with Crippen LogP contribution in [-0.4, -0.2) is 57.9 Å². The van der Waals surface area contributed by atoms with Crippen molar-refractivity contribution in [3.8, 4) is 5.75 Å². The first-order chi connectivity index (χ1) is 11.0. The van der Waals surface area contributed by atoms with Crippen molar-refractivity contribution in [2.24, 2.45) is 5.73 Å². The van der Waals surface area contributed by atoms with Gasteiger partial charge in [0.1, 0.15) is 11.8 Å². The van der Waals surface area contributed by atoms with Gasteiger partial charge in [0.05, 0.1) is 6.04 Å². The summed E-state index contributed by atoms with van der Waals surface area (Å²) in [5, 5.41) is 9.31. The molecule has 124 valence electrons. The summed E-state index contributed by atoms with van der Waals surface area (Å²) in [6, 6.07) is 5.69. The molecule has 0 aliphatic carbocycles. The summed E-state index contributed by atoms with van der Waals surface area (Å²) >= 11 is 0. The summed E-state index contributed by atoms with van der Waals surface area (Å²) in [5.41, 5.74) is 6.98. The molecule has 2 heterocycles. The van der Waals surface area contributed by atoms with Crippen LogP contribution in [0.25, 0.3) is 0 Å². The number of carbonyl (C=O) groups excluding carboxylic acids is 2. The van der Waals surface area contributed by atoms with Crippen molar-refractivity contribution in [2.75, 3.05) is 13.1 Å². The summed E-state index contributed by atoms with van der Waals surface area (Å²) in [7, 11) is 0. The van der Waals surface area contributed by atoms with Crippen LogP contribution >= 0.6 is 0 Å². The van der Waals surface area contributed by atoms with Crippen LogP contribution in [0.15, 0.2) is 24.3 Å². The molecule has 0 radical (unpaired) electrons. The van der Waals surface area contributed by atoms with Gasteiger partial charge < -0.3 is 20.6 Å². The Morgan fingerprint density at radius 3 is 2.78 bits per heavy atom. The van der Waals surface area contributed by atoms with Gasteiger partial charge in [-0.3, -0.25) is 9.59 Å². The highest BCUT2D eigenvalue weighted by Gasteiger charge is 2.42. The number of piperazine rings is 1. The number of hydrogen-bond acceptors (Lipinski definition) is 4. The fourth-order valence-corrected chi connectivity index (χ4v) is 3.54. The largest absolute Gasteiger partial charge is 0.508 e. The Morgan fingerprint density at radius 2 is 2.09 bits per heavy atom. The Bertz CT molecular complexity index is 602. The van der Waals surface area contributed by atoms with Gasteiger partial charge in [-0.1, -0.05) is 12.1 Å². The van der Waals surface area contributed by atoms with E-state index in [4.69, 9.17) is 5.73 Å². The molecule has 23 heavy (non-hydrogen) atoms. The molecule has 6 nitrogen and oxygen atoms in total. The number of carbonyl (C=O) groups is 2. The maximum atomic E-state index is 12.7. The first kappa shape index (κ1) is 15.8. The zero-order chi connectivity index (χ0) is 16.6. The zero-order valence-corrected chi connectivity index (χ0v) is 13.3.